The van der Waals surface area contributed by atoms with E-state index in [4.69, 9.17) is 0 Å². The van der Waals surface area contributed by atoms with Gasteiger partial charge in [0.15, 0.2) is 5.82 Å². The maximum atomic E-state index is 12.4. The number of rotatable bonds is 0. The zero-order valence-corrected chi connectivity index (χ0v) is 10.3. The SMILES string of the molecule is CN1C(=O)c2ccccc2N(C)c2ncccc21. The molecule has 0 saturated carbocycles. The smallest absolute Gasteiger partial charge is 0.260 e. The molecule has 1 aromatic carbocycles. The summed E-state index contributed by atoms with van der Waals surface area (Å²) in [6, 6.07) is 11.3. The number of anilines is 3. The number of pyridine rings is 1. The van der Waals surface area contributed by atoms with Gasteiger partial charge < -0.3 is 9.80 Å². The number of amides is 1. The Morgan fingerprint density at radius 1 is 0.944 bits per heavy atom. The van der Waals surface area contributed by atoms with Crippen LogP contribution in [-0.2, 0) is 0 Å². The summed E-state index contributed by atoms with van der Waals surface area (Å²) in [5.41, 5.74) is 2.40. The van der Waals surface area contributed by atoms with Crippen molar-refractivity contribution in [3.63, 3.8) is 0 Å². The zero-order valence-electron chi connectivity index (χ0n) is 10.3. The summed E-state index contributed by atoms with van der Waals surface area (Å²) in [6.45, 7) is 0. The normalized spacial score (nSPS) is 14.0. The Morgan fingerprint density at radius 3 is 2.50 bits per heavy atom. The molecule has 3 rings (SSSR count). The third-order valence-electron chi connectivity index (χ3n) is 3.25. The molecule has 1 aliphatic heterocycles. The highest BCUT2D eigenvalue weighted by molar-refractivity contribution is 6.13. The summed E-state index contributed by atoms with van der Waals surface area (Å²) in [7, 11) is 3.70. The molecule has 0 fully saturated rings. The molecule has 1 aromatic heterocycles. The minimum absolute atomic E-state index is 0.01000. The van der Waals surface area contributed by atoms with Crippen LogP contribution in [0.1, 0.15) is 10.4 Å². The van der Waals surface area contributed by atoms with Gasteiger partial charge in [-0.2, -0.15) is 0 Å². The van der Waals surface area contributed by atoms with Crippen LogP contribution in [0.4, 0.5) is 17.2 Å². The van der Waals surface area contributed by atoms with Gasteiger partial charge in [0.25, 0.3) is 5.91 Å². The van der Waals surface area contributed by atoms with Gasteiger partial charge in [-0.25, -0.2) is 4.98 Å². The van der Waals surface area contributed by atoms with E-state index in [1.165, 1.54) is 0 Å². The molecule has 2 aromatic rings. The molecule has 0 aliphatic carbocycles. The van der Waals surface area contributed by atoms with Gasteiger partial charge in [0.05, 0.1) is 16.9 Å². The highest BCUT2D eigenvalue weighted by atomic mass is 16.2. The molecule has 0 unspecified atom stereocenters. The number of nitrogens with zero attached hydrogens (tertiary/aromatic N) is 3. The van der Waals surface area contributed by atoms with Gasteiger partial charge >= 0.3 is 0 Å². The number of carbonyl (C=O) groups excluding carboxylic acids is 1. The van der Waals surface area contributed by atoms with Gasteiger partial charge in [-0.3, -0.25) is 4.79 Å². The molecular formula is C14H13N3O. The number of hydrogen-bond donors (Lipinski definition) is 0. The first-order valence-corrected chi connectivity index (χ1v) is 5.76. The van der Waals surface area contributed by atoms with Crippen molar-refractivity contribution in [2.24, 2.45) is 0 Å². The molecule has 0 bridgehead atoms. The summed E-state index contributed by atoms with van der Waals surface area (Å²) in [6.07, 6.45) is 1.74. The van der Waals surface area contributed by atoms with E-state index < -0.39 is 0 Å². The lowest BCUT2D eigenvalue weighted by molar-refractivity contribution is 0.0994. The molecule has 2 heterocycles. The summed E-state index contributed by atoms with van der Waals surface area (Å²) in [5, 5.41) is 0. The van der Waals surface area contributed by atoms with Crippen molar-refractivity contribution in [2.75, 3.05) is 23.9 Å². The fraction of sp³-hybridized carbons (Fsp3) is 0.143. The van der Waals surface area contributed by atoms with E-state index >= 15 is 0 Å². The van der Waals surface area contributed by atoms with Crippen LogP contribution < -0.4 is 9.80 Å². The van der Waals surface area contributed by atoms with Gasteiger partial charge in [0.2, 0.25) is 0 Å². The molecule has 0 spiro atoms. The van der Waals surface area contributed by atoms with Crippen molar-refractivity contribution >= 4 is 23.1 Å². The molecule has 0 saturated heterocycles. The van der Waals surface area contributed by atoms with E-state index in [0.29, 0.717) is 5.56 Å². The van der Waals surface area contributed by atoms with E-state index in [1.807, 2.05) is 48.3 Å². The molecule has 0 N–H and O–H groups in total. The Hall–Kier alpha value is -2.36. The minimum Gasteiger partial charge on any atom is -0.327 e. The molecule has 90 valence electrons. The third kappa shape index (κ3) is 1.39. The second-order valence-electron chi connectivity index (χ2n) is 4.29. The second kappa shape index (κ2) is 3.84. The average Bonchev–Trinajstić information content (AvgIpc) is 2.51. The standard InChI is InChI=1S/C14H13N3O/c1-16-11-7-4-3-6-10(11)14(18)17(2)12-8-5-9-15-13(12)16/h3-9H,1-2H3. The van der Waals surface area contributed by atoms with Gasteiger partial charge in [0.1, 0.15) is 0 Å². The van der Waals surface area contributed by atoms with Crippen LogP contribution in [0.3, 0.4) is 0 Å². The first kappa shape index (κ1) is 10.8. The number of benzene rings is 1. The monoisotopic (exact) mass is 239 g/mol. The van der Waals surface area contributed by atoms with E-state index in [9.17, 15) is 4.79 Å². The van der Waals surface area contributed by atoms with Crippen LogP contribution in [0.5, 0.6) is 0 Å². The molecule has 4 heteroatoms. The Balaban J connectivity index is 2.31. The second-order valence-corrected chi connectivity index (χ2v) is 4.29. The van der Waals surface area contributed by atoms with E-state index in [2.05, 4.69) is 4.98 Å². The van der Waals surface area contributed by atoms with E-state index in [0.717, 1.165) is 17.2 Å². The molecule has 1 aliphatic rings. The van der Waals surface area contributed by atoms with Crippen molar-refractivity contribution in [1.29, 1.82) is 0 Å². The topological polar surface area (TPSA) is 36.4 Å². The highest BCUT2D eigenvalue weighted by Gasteiger charge is 2.27. The van der Waals surface area contributed by atoms with Crippen molar-refractivity contribution in [2.45, 2.75) is 0 Å². The van der Waals surface area contributed by atoms with Crippen molar-refractivity contribution < 1.29 is 4.79 Å². The van der Waals surface area contributed by atoms with Crippen molar-refractivity contribution in [1.82, 2.24) is 4.98 Å². The van der Waals surface area contributed by atoms with Crippen LogP contribution in [0, 0.1) is 0 Å². The summed E-state index contributed by atoms with van der Waals surface area (Å²) in [4.78, 5) is 20.4. The van der Waals surface area contributed by atoms with Crippen molar-refractivity contribution in [3.05, 3.63) is 48.2 Å². The lowest BCUT2D eigenvalue weighted by atomic mass is 10.1. The molecule has 18 heavy (non-hydrogen) atoms. The molecule has 0 radical (unpaired) electrons. The fourth-order valence-electron chi connectivity index (χ4n) is 2.26. The summed E-state index contributed by atoms with van der Waals surface area (Å²) < 4.78 is 0. The lowest BCUT2D eigenvalue weighted by Crippen LogP contribution is -2.25. The van der Waals surface area contributed by atoms with Crippen LogP contribution >= 0.6 is 0 Å². The van der Waals surface area contributed by atoms with Gasteiger partial charge in [-0.05, 0) is 24.3 Å². The summed E-state index contributed by atoms with van der Waals surface area (Å²) >= 11 is 0. The van der Waals surface area contributed by atoms with E-state index in [1.54, 1.807) is 18.1 Å². The van der Waals surface area contributed by atoms with Gasteiger partial charge in [-0.15, -0.1) is 0 Å². The predicted octanol–water partition coefficient (Wildman–Crippen LogP) is 2.44. The van der Waals surface area contributed by atoms with Gasteiger partial charge in [0, 0.05) is 20.3 Å². The first-order chi connectivity index (χ1) is 8.70. The van der Waals surface area contributed by atoms with Crippen LogP contribution in [0.2, 0.25) is 0 Å². The van der Waals surface area contributed by atoms with Crippen molar-refractivity contribution in [3.8, 4) is 0 Å². The van der Waals surface area contributed by atoms with Crippen LogP contribution in [0.15, 0.2) is 42.6 Å². The Morgan fingerprint density at radius 2 is 1.67 bits per heavy atom. The minimum atomic E-state index is -0.01000. The number of hydrogen-bond acceptors (Lipinski definition) is 3. The number of carbonyl (C=O) groups is 1. The first-order valence-electron chi connectivity index (χ1n) is 5.76. The van der Waals surface area contributed by atoms with Crippen LogP contribution in [-0.4, -0.2) is 25.0 Å². The molecule has 0 atom stereocenters. The number of fused-ring (bicyclic) bond motifs is 2. The molecular weight excluding hydrogens is 226 g/mol. The molecule has 1 amide bonds. The zero-order chi connectivity index (χ0) is 12.7. The maximum Gasteiger partial charge on any atom is 0.260 e. The predicted molar refractivity (Wildman–Crippen MR) is 71.5 cm³/mol. The fourth-order valence-corrected chi connectivity index (χ4v) is 2.26. The average molecular weight is 239 g/mol. The largest absolute Gasteiger partial charge is 0.327 e. The Kier molecular flexibility index (Phi) is 2.30. The van der Waals surface area contributed by atoms with E-state index in [-0.39, 0.29) is 5.91 Å². The number of aromatic nitrogens is 1. The highest BCUT2D eigenvalue weighted by Crippen LogP contribution is 2.36. The maximum absolute atomic E-state index is 12.4. The molecule has 4 nitrogen and oxygen atoms in total. The van der Waals surface area contributed by atoms with Crippen LogP contribution in [0.25, 0.3) is 0 Å². The quantitative estimate of drug-likeness (QED) is 0.708. The Bertz CT molecular complexity index is 624. The summed E-state index contributed by atoms with van der Waals surface area (Å²) in [5.74, 6) is 0.780. The number of para-hydroxylation sites is 1. The third-order valence-corrected chi connectivity index (χ3v) is 3.25. The lowest BCUT2D eigenvalue weighted by Gasteiger charge is -2.20. The Labute approximate surface area is 105 Å². The van der Waals surface area contributed by atoms with Gasteiger partial charge in [-0.1, -0.05) is 12.1 Å².